The van der Waals surface area contributed by atoms with Crippen LogP contribution in [0.2, 0.25) is 0 Å². The number of carbonyl (C=O) groups is 1. The molecule has 1 aliphatic heterocycles. The molecule has 0 saturated carbocycles. The maximum atomic E-state index is 13.6. The number of para-hydroxylation sites is 1. The smallest absolute Gasteiger partial charge is 0.246 e. The first kappa shape index (κ1) is 18.3. The summed E-state index contributed by atoms with van der Waals surface area (Å²) in [4.78, 5) is 11.0. The summed E-state index contributed by atoms with van der Waals surface area (Å²) < 4.78 is 58.8. The van der Waals surface area contributed by atoms with E-state index in [9.17, 15) is 22.0 Å². The van der Waals surface area contributed by atoms with Crippen LogP contribution in [0.25, 0.3) is 0 Å². The summed E-state index contributed by atoms with van der Waals surface area (Å²) in [6.45, 7) is -0.232. The van der Waals surface area contributed by atoms with Gasteiger partial charge in [-0.3, -0.25) is 4.79 Å². The normalized spacial score (nSPS) is 16.5. The van der Waals surface area contributed by atoms with Gasteiger partial charge in [-0.15, -0.1) is 0 Å². The van der Waals surface area contributed by atoms with Crippen LogP contribution in [0.5, 0.6) is 5.75 Å². The molecule has 9 heteroatoms. The Morgan fingerprint density at radius 3 is 2.54 bits per heavy atom. The quantitative estimate of drug-likeness (QED) is 0.827. The Morgan fingerprint density at radius 2 is 1.81 bits per heavy atom. The molecule has 0 bridgehead atoms. The van der Waals surface area contributed by atoms with Crippen molar-refractivity contribution in [1.82, 2.24) is 10.0 Å². The minimum absolute atomic E-state index is 0.331. The van der Waals surface area contributed by atoms with E-state index in [0.29, 0.717) is 18.8 Å². The molecule has 2 aromatic carbocycles. The van der Waals surface area contributed by atoms with Crippen LogP contribution in [-0.4, -0.2) is 27.5 Å². The highest BCUT2D eigenvalue weighted by Gasteiger charge is 2.26. The molecule has 0 radical (unpaired) electrons. The monoisotopic (exact) mass is 382 g/mol. The van der Waals surface area contributed by atoms with E-state index in [1.165, 1.54) is 0 Å². The van der Waals surface area contributed by atoms with Gasteiger partial charge in [-0.2, -0.15) is 0 Å². The summed E-state index contributed by atoms with van der Waals surface area (Å²) in [5.41, 5.74) is 0.787. The zero-order valence-electron chi connectivity index (χ0n) is 13.5. The number of amides is 1. The molecular formula is C17H16F2N2O4S. The average molecular weight is 382 g/mol. The van der Waals surface area contributed by atoms with Crippen molar-refractivity contribution in [2.75, 3.05) is 13.2 Å². The van der Waals surface area contributed by atoms with Crippen molar-refractivity contribution in [3.05, 3.63) is 59.7 Å². The molecule has 6 nitrogen and oxygen atoms in total. The lowest BCUT2D eigenvalue weighted by atomic mass is 10.0. The Balaban J connectivity index is 1.67. The van der Waals surface area contributed by atoms with Crippen LogP contribution in [0.3, 0.4) is 0 Å². The number of benzene rings is 2. The number of halogens is 2. The van der Waals surface area contributed by atoms with E-state index >= 15 is 0 Å². The van der Waals surface area contributed by atoms with Crippen molar-refractivity contribution in [2.24, 2.45) is 0 Å². The predicted molar refractivity (Wildman–Crippen MR) is 89.0 cm³/mol. The summed E-state index contributed by atoms with van der Waals surface area (Å²) in [5, 5.41) is 2.69. The third-order valence-electron chi connectivity index (χ3n) is 3.90. The summed E-state index contributed by atoms with van der Waals surface area (Å²) in [5.74, 6) is -2.42. The number of nitrogens with one attached hydrogen (secondary N) is 2. The van der Waals surface area contributed by atoms with Crippen LogP contribution in [0.1, 0.15) is 18.0 Å². The molecule has 1 atom stereocenters. The van der Waals surface area contributed by atoms with E-state index in [4.69, 9.17) is 4.74 Å². The second-order valence-corrected chi connectivity index (χ2v) is 7.37. The van der Waals surface area contributed by atoms with Gasteiger partial charge in [0.1, 0.15) is 17.4 Å². The molecule has 1 aliphatic rings. The van der Waals surface area contributed by atoms with Crippen LogP contribution in [-0.2, 0) is 14.8 Å². The van der Waals surface area contributed by atoms with E-state index in [1.54, 1.807) is 24.3 Å². The fourth-order valence-corrected chi connectivity index (χ4v) is 3.82. The molecule has 0 saturated heterocycles. The highest BCUT2D eigenvalue weighted by atomic mass is 32.2. The van der Waals surface area contributed by atoms with E-state index in [0.717, 1.165) is 23.8 Å². The lowest BCUT2D eigenvalue weighted by Gasteiger charge is -2.26. The number of carbonyl (C=O) groups excluding carboxylic acids is 1. The zero-order chi connectivity index (χ0) is 18.7. The third-order valence-corrected chi connectivity index (χ3v) is 5.36. The van der Waals surface area contributed by atoms with Crippen LogP contribution in [0.15, 0.2) is 47.4 Å². The first-order chi connectivity index (χ1) is 12.4. The first-order valence-electron chi connectivity index (χ1n) is 7.83. The molecule has 1 heterocycles. The molecule has 3 rings (SSSR count). The molecule has 26 heavy (non-hydrogen) atoms. The predicted octanol–water partition coefficient (Wildman–Crippen LogP) is 1.88. The van der Waals surface area contributed by atoms with Crippen LogP contribution in [0.4, 0.5) is 8.78 Å². The van der Waals surface area contributed by atoms with Gasteiger partial charge in [-0.25, -0.2) is 21.9 Å². The Bertz CT molecular complexity index is 914. The maximum Gasteiger partial charge on any atom is 0.246 e. The molecule has 0 unspecified atom stereocenters. The summed E-state index contributed by atoms with van der Waals surface area (Å²) in [6, 6.07) is 9.57. The van der Waals surface area contributed by atoms with Crippen LogP contribution in [0, 0.1) is 11.6 Å². The molecule has 2 N–H and O–H groups in total. The van der Waals surface area contributed by atoms with E-state index < -0.39 is 39.0 Å². The number of hydrogen-bond donors (Lipinski definition) is 2. The SMILES string of the molecule is O=C(CNS(=O)(=O)c1c(F)cccc1F)N[C@H]1CCOc2ccccc21. The van der Waals surface area contributed by atoms with E-state index in [1.807, 2.05) is 4.72 Å². The van der Waals surface area contributed by atoms with Crippen molar-refractivity contribution in [3.63, 3.8) is 0 Å². The van der Waals surface area contributed by atoms with Gasteiger partial charge in [-0.1, -0.05) is 24.3 Å². The van der Waals surface area contributed by atoms with Crippen molar-refractivity contribution >= 4 is 15.9 Å². The summed E-state index contributed by atoms with van der Waals surface area (Å²) in [6.07, 6.45) is 0.525. The van der Waals surface area contributed by atoms with Gasteiger partial charge in [0.25, 0.3) is 0 Å². The molecule has 0 aliphatic carbocycles. The lowest BCUT2D eigenvalue weighted by molar-refractivity contribution is -0.120. The number of ether oxygens (including phenoxy) is 1. The van der Waals surface area contributed by atoms with Crippen molar-refractivity contribution < 1.29 is 26.7 Å². The fourth-order valence-electron chi connectivity index (χ4n) is 2.71. The minimum atomic E-state index is -4.50. The van der Waals surface area contributed by atoms with Gasteiger partial charge < -0.3 is 10.1 Å². The van der Waals surface area contributed by atoms with Gasteiger partial charge in [0.15, 0.2) is 4.90 Å². The molecule has 2 aromatic rings. The summed E-state index contributed by atoms with van der Waals surface area (Å²) >= 11 is 0. The third kappa shape index (κ3) is 3.83. The van der Waals surface area contributed by atoms with Crippen molar-refractivity contribution in [2.45, 2.75) is 17.4 Å². The van der Waals surface area contributed by atoms with E-state index in [-0.39, 0.29) is 6.04 Å². The highest BCUT2D eigenvalue weighted by molar-refractivity contribution is 7.89. The van der Waals surface area contributed by atoms with Crippen molar-refractivity contribution in [1.29, 1.82) is 0 Å². The first-order valence-corrected chi connectivity index (χ1v) is 9.31. The molecule has 0 aromatic heterocycles. The van der Waals surface area contributed by atoms with Gasteiger partial charge in [0.2, 0.25) is 15.9 Å². The number of fused-ring (bicyclic) bond motifs is 1. The second kappa shape index (κ2) is 7.38. The molecular weight excluding hydrogens is 366 g/mol. The van der Waals surface area contributed by atoms with E-state index in [2.05, 4.69) is 5.32 Å². The second-order valence-electron chi connectivity index (χ2n) is 5.67. The molecule has 138 valence electrons. The number of hydrogen-bond acceptors (Lipinski definition) is 4. The molecule has 0 fully saturated rings. The number of rotatable bonds is 5. The Morgan fingerprint density at radius 1 is 1.12 bits per heavy atom. The molecule has 1 amide bonds. The maximum absolute atomic E-state index is 13.6. The topological polar surface area (TPSA) is 84.5 Å². The summed E-state index contributed by atoms with van der Waals surface area (Å²) in [7, 11) is -4.50. The fraction of sp³-hybridized carbons (Fsp3) is 0.235. The van der Waals surface area contributed by atoms with Gasteiger partial charge in [0.05, 0.1) is 19.2 Å². The average Bonchev–Trinajstić information content (AvgIpc) is 2.60. The standard InChI is InChI=1S/C17H16F2N2O4S/c18-12-5-3-6-13(19)17(12)26(23,24)20-10-16(22)21-14-8-9-25-15-7-2-1-4-11(14)15/h1-7,14,20H,8-10H2,(H,21,22)/t14-/m0/s1. The van der Waals surface area contributed by atoms with Crippen LogP contribution < -0.4 is 14.8 Å². The Kier molecular flexibility index (Phi) is 5.19. The largest absolute Gasteiger partial charge is 0.493 e. The van der Waals surface area contributed by atoms with Crippen LogP contribution >= 0.6 is 0 Å². The number of sulfonamides is 1. The van der Waals surface area contributed by atoms with Gasteiger partial charge in [-0.05, 0) is 18.2 Å². The Labute approximate surface area is 149 Å². The molecule has 0 spiro atoms. The highest BCUT2D eigenvalue weighted by Crippen LogP contribution is 2.31. The Hall–Kier alpha value is -2.52. The minimum Gasteiger partial charge on any atom is -0.493 e. The van der Waals surface area contributed by atoms with Gasteiger partial charge >= 0.3 is 0 Å². The van der Waals surface area contributed by atoms with Gasteiger partial charge in [0, 0.05) is 12.0 Å². The van der Waals surface area contributed by atoms with Crippen molar-refractivity contribution in [3.8, 4) is 5.75 Å². The zero-order valence-corrected chi connectivity index (χ0v) is 14.4. The lowest BCUT2D eigenvalue weighted by Crippen LogP contribution is -2.40.